The summed E-state index contributed by atoms with van der Waals surface area (Å²) in [5.74, 6) is -0.389. The second-order valence-electron chi connectivity index (χ2n) is 4.55. The lowest BCUT2D eigenvalue weighted by atomic mass is 9.86. The fraction of sp³-hybridized carbons (Fsp3) is 0.200. The summed E-state index contributed by atoms with van der Waals surface area (Å²) >= 11 is 0. The van der Waals surface area contributed by atoms with Gasteiger partial charge in [-0.3, -0.25) is 0 Å². The first-order chi connectivity index (χ1) is 8.99. The third kappa shape index (κ3) is 2.80. The van der Waals surface area contributed by atoms with Gasteiger partial charge in [0.15, 0.2) is 0 Å². The number of aromatic hydroxyl groups is 3. The Labute approximate surface area is 111 Å². The maximum Gasteiger partial charge on any atom is 0.123 e. The van der Waals surface area contributed by atoms with Crippen LogP contribution in [0, 0.1) is 0 Å². The van der Waals surface area contributed by atoms with Crippen molar-refractivity contribution in [1.29, 1.82) is 0 Å². The largest absolute Gasteiger partial charge is 0.508 e. The predicted octanol–water partition coefficient (Wildman–Crippen LogP) is 2.32. The predicted molar refractivity (Wildman–Crippen MR) is 71.4 cm³/mol. The zero-order valence-electron chi connectivity index (χ0n) is 10.5. The molecule has 0 aliphatic heterocycles. The molecule has 0 radical (unpaired) electrons. The Balaban J connectivity index is 2.48. The second-order valence-corrected chi connectivity index (χ2v) is 4.55. The summed E-state index contributed by atoms with van der Waals surface area (Å²) in [4.78, 5) is 0. The van der Waals surface area contributed by atoms with Crippen molar-refractivity contribution in [3.63, 3.8) is 0 Å². The van der Waals surface area contributed by atoms with Gasteiger partial charge < -0.3 is 20.4 Å². The van der Waals surface area contributed by atoms with Gasteiger partial charge in [-0.05, 0) is 30.7 Å². The van der Waals surface area contributed by atoms with Crippen molar-refractivity contribution in [2.75, 3.05) is 0 Å². The van der Waals surface area contributed by atoms with Crippen LogP contribution in [0.2, 0.25) is 0 Å². The van der Waals surface area contributed by atoms with Crippen LogP contribution in [0.4, 0.5) is 0 Å². The minimum absolute atomic E-state index is 0.0312. The number of phenols is 3. The third-order valence-electron chi connectivity index (χ3n) is 3.08. The summed E-state index contributed by atoms with van der Waals surface area (Å²) < 4.78 is 0. The van der Waals surface area contributed by atoms with E-state index in [0.717, 1.165) is 5.56 Å². The van der Waals surface area contributed by atoms with E-state index in [2.05, 4.69) is 0 Å². The number of hydrogen-bond donors (Lipinski definition) is 4. The number of rotatable bonds is 3. The quantitative estimate of drug-likeness (QED) is 0.682. The average molecular weight is 260 g/mol. The fourth-order valence-corrected chi connectivity index (χ4v) is 2.19. The van der Waals surface area contributed by atoms with Crippen LogP contribution in [0.1, 0.15) is 24.0 Å². The second kappa shape index (κ2) is 5.20. The molecule has 0 aromatic heterocycles. The van der Waals surface area contributed by atoms with E-state index in [1.165, 1.54) is 24.3 Å². The molecule has 0 fully saturated rings. The molecular weight excluding hydrogens is 244 g/mol. The Bertz CT molecular complexity index is 561. The molecule has 0 saturated carbocycles. The van der Waals surface area contributed by atoms with Crippen LogP contribution in [-0.2, 0) is 0 Å². The Morgan fingerprint density at radius 1 is 0.842 bits per heavy atom. The summed E-state index contributed by atoms with van der Waals surface area (Å²) in [6.07, 6.45) is -0.722. The monoisotopic (exact) mass is 260 g/mol. The van der Waals surface area contributed by atoms with Gasteiger partial charge in [-0.15, -0.1) is 0 Å². The van der Waals surface area contributed by atoms with E-state index in [4.69, 9.17) is 0 Å². The summed E-state index contributed by atoms with van der Waals surface area (Å²) in [5, 5.41) is 38.5. The van der Waals surface area contributed by atoms with E-state index in [9.17, 15) is 20.4 Å². The summed E-state index contributed by atoms with van der Waals surface area (Å²) in [6, 6.07) is 10.7. The van der Waals surface area contributed by atoms with Crippen LogP contribution in [-0.4, -0.2) is 26.5 Å². The van der Waals surface area contributed by atoms with Crippen LogP contribution < -0.4 is 0 Å². The van der Waals surface area contributed by atoms with E-state index in [-0.39, 0.29) is 17.2 Å². The molecule has 0 saturated heterocycles. The highest BCUT2D eigenvalue weighted by atomic mass is 16.3. The number of hydrogen-bond acceptors (Lipinski definition) is 4. The standard InChI is InChI=1S/C15H16O4/c1-9(16)15(10-2-4-11(17)5-3-10)13-7-6-12(18)8-14(13)19/h2-9,15-19H,1H3. The lowest BCUT2D eigenvalue weighted by Gasteiger charge is -2.22. The number of aliphatic hydroxyl groups is 1. The number of aliphatic hydroxyl groups excluding tert-OH is 1. The highest BCUT2D eigenvalue weighted by Crippen LogP contribution is 2.36. The van der Waals surface area contributed by atoms with Gasteiger partial charge in [0.1, 0.15) is 17.2 Å². The summed E-state index contributed by atoms with van der Waals surface area (Å²) in [7, 11) is 0. The van der Waals surface area contributed by atoms with E-state index in [0.29, 0.717) is 5.56 Å². The van der Waals surface area contributed by atoms with Gasteiger partial charge in [0.2, 0.25) is 0 Å². The van der Waals surface area contributed by atoms with Gasteiger partial charge >= 0.3 is 0 Å². The number of phenolic OH excluding ortho intramolecular Hbond substituents is 3. The molecule has 2 unspecified atom stereocenters. The molecule has 2 aromatic rings. The molecule has 4 N–H and O–H groups in total. The van der Waals surface area contributed by atoms with Gasteiger partial charge in [0, 0.05) is 17.5 Å². The third-order valence-corrected chi connectivity index (χ3v) is 3.08. The summed E-state index contributed by atoms with van der Waals surface area (Å²) in [5.41, 5.74) is 1.30. The van der Waals surface area contributed by atoms with Crippen LogP contribution in [0.5, 0.6) is 17.2 Å². The van der Waals surface area contributed by atoms with Gasteiger partial charge in [0.25, 0.3) is 0 Å². The number of benzene rings is 2. The fourth-order valence-electron chi connectivity index (χ4n) is 2.19. The lowest BCUT2D eigenvalue weighted by Crippen LogP contribution is -2.16. The van der Waals surface area contributed by atoms with Crippen molar-refractivity contribution in [3.8, 4) is 17.2 Å². The maximum absolute atomic E-state index is 9.95. The molecule has 4 nitrogen and oxygen atoms in total. The van der Waals surface area contributed by atoms with Crippen LogP contribution >= 0.6 is 0 Å². The SMILES string of the molecule is CC(O)C(c1ccc(O)cc1)c1ccc(O)cc1O. The minimum atomic E-state index is -0.722. The molecule has 0 aliphatic carbocycles. The molecule has 0 aliphatic rings. The zero-order valence-corrected chi connectivity index (χ0v) is 10.5. The molecule has 2 rings (SSSR count). The molecule has 2 aromatic carbocycles. The Hall–Kier alpha value is -2.20. The minimum Gasteiger partial charge on any atom is -0.508 e. The topological polar surface area (TPSA) is 80.9 Å². The maximum atomic E-state index is 9.95. The van der Waals surface area contributed by atoms with Crippen LogP contribution in [0.3, 0.4) is 0 Å². The smallest absolute Gasteiger partial charge is 0.123 e. The van der Waals surface area contributed by atoms with Gasteiger partial charge in [0.05, 0.1) is 6.10 Å². The first kappa shape index (κ1) is 13.2. The van der Waals surface area contributed by atoms with Gasteiger partial charge in [-0.2, -0.15) is 0 Å². The molecule has 4 heteroatoms. The molecular formula is C15H16O4. The highest BCUT2D eigenvalue weighted by Gasteiger charge is 2.22. The lowest BCUT2D eigenvalue weighted by molar-refractivity contribution is 0.175. The van der Waals surface area contributed by atoms with E-state index >= 15 is 0 Å². The van der Waals surface area contributed by atoms with Crippen molar-refractivity contribution < 1.29 is 20.4 Å². The molecule has 100 valence electrons. The first-order valence-corrected chi connectivity index (χ1v) is 5.98. The molecule has 2 atom stereocenters. The zero-order chi connectivity index (χ0) is 14.0. The summed E-state index contributed by atoms with van der Waals surface area (Å²) in [6.45, 7) is 1.63. The Morgan fingerprint density at radius 3 is 1.95 bits per heavy atom. The van der Waals surface area contributed by atoms with Crippen molar-refractivity contribution in [3.05, 3.63) is 53.6 Å². The average Bonchev–Trinajstić information content (AvgIpc) is 2.34. The first-order valence-electron chi connectivity index (χ1n) is 5.98. The van der Waals surface area contributed by atoms with Gasteiger partial charge in [-0.1, -0.05) is 18.2 Å². The van der Waals surface area contributed by atoms with Gasteiger partial charge in [-0.25, -0.2) is 0 Å². The highest BCUT2D eigenvalue weighted by molar-refractivity contribution is 5.46. The van der Waals surface area contributed by atoms with E-state index in [1.54, 1.807) is 25.1 Å². The van der Waals surface area contributed by atoms with Crippen molar-refractivity contribution in [1.82, 2.24) is 0 Å². The van der Waals surface area contributed by atoms with Crippen molar-refractivity contribution in [2.24, 2.45) is 0 Å². The molecule has 19 heavy (non-hydrogen) atoms. The van der Waals surface area contributed by atoms with Crippen LogP contribution in [0.25, 0.3) is 0 Å². The molecule has 0 heterocycles. The Kier molecular flexibility index (Phi) is 3.62. The van der Waals surface area contributed by atoms with Crippen molar-refractivity contribution >= 4 is 0 Å². The molecule has 0 bridgehead atoms. The molecule has 0 amide bonds. The van der Waals surface area contributed by atoms with E-state index in [1.807, 2.05) is 0 Å². The normalized spacial score (nSPS) is 14.0. The van der Waals surface area contributed by atoms with E-state index < -0.39 is 12.0 Å². The van der Waals surface area contributed by atoms with Crippen LogP contribution in [0.15, 0.2) is 42.5 Å². The van der Waals surface area contributed by atoms with Crippen molar-refractivity contribution in [2.45, 2.75) is 18.9 Å². The Morgan fingerprint density at radius 2 is 1.42 bits per heavy atom. The molecule has 0 spiro atoms.